The van der Waals surface area contributed by atoms with Crippen molar-refractivity contribution in [3.63, 3.8) is 0 Å². The molecular weight excluding hydrogens is 265 g/mol. The molecule has 0 amide bonds. The highest BCUT2D eigenvalue weighted by atomic mass is 19.1. The van der Waals surface area contributed by atoms with Gasteiger partial charge in [0.1, 0.15) is 6.17 Å². The quantitative estimate of drug-likeness (QED) is 0.859. The van der Waals surface area contributed by atoms with Gasteiger partial charge in [0, 0.05) is 19.0 Å². The van der Waals surface area contributed by atoms with Crippen LogP contribution in [0.1, 0.15) is 32.1 Å². The maximum atomic E-state index is 14.1. The summed E-state index contributed by atoms with van der Waals surface area (Å²) in [6.07, 6.45) is 5.83. The first-order chi connectivity index (χ1) is 10.2. The van der Waals surface area contributed by atoms with E-state index in [0.29, 0.717) is 6.54 Å². The van der Waals surface area contributed by atoms with Gasteiger partial charge < -0.3 is 15.1 Å². The summed E-state index contributed by atoms with van der Waals surface area (Å²) in [5, 5.41) is 3.47. The van der Waals surface area contributed by atoms with E-state index in [1.54, 1.807) is 0 Å². The van der Waals surface area contributed by atoms with Gasteiger partial charge in [-0.2, -0.15) is 0 Å². The predicted octanol–water partition coefficient (Wildman–Crippen LogP) is 1.99. The molecule has 0 aromatic carbocycles. The third kappa shape index (κ3) is 4.17. The van der Waals surface area contributed by atoms with Crippen LogP contribution in [0.5, 0.6) is 0 Å². The number of rotatable bonds is 3. The number of nitrogens with zero attached hydrogens (tertiary/aromatic N) is 2. The van der Waals surface area contributed by atoms with Crippen molar-refractivity contribution >= 4 is 0 Å². The monoisotopic (exact) mass is 297 g/mol. The summed E-state index contributed by atoms with van der Waals surface area (Å²) in [4.78, 5) is 4.67. The molecule has 3 aliphatic heterocycles. The fraction of sp³-hybridized carbons (Fsp3) is 1.00. The Labute approximate surface area is 129 Å². The number of halogens is 1. The van der Waals surface area contributed by atoms with Crippen LogP contribution in [-0.4, -0.2) is 68.8 Å². The van der Waals surface area contributed by atoms with Crippen molar-refractivity contribution in [2.24, 2.45) is 17.8 Å². The number of likely N-dealkylation sites (tertiary alicyclic amines) is 2. The van der Waals surface area contributed by atoms with E-state index in [1.165, 1.54) is 51.9 Å². The zero-order valence-electron chi connectivity index (χ0n) is 13.6. The van der Waals surface area contributed by atoms with Crippen molar-refractivity contribution in [1.29, 1.82) is 0 Å². The second-order valence-corrected chi connectivity index (χ2v) is 7.55. The van der Waals surface area contributed by atoms with E-state index in [9.17, 15) is 4.39 Å². The van der Waals surface area contributed by atoms with Crippen LogP contribution in [0.3, 0.4) is 0 Å². The van der Waals surface area contributed by atoms with E-state index >= 15 is 0 Å². The van der Waals surface area contributed by atoms with Gasteiger partial charge >= 0.3 is 0 Å². The van der Waals surface area contributed by atoms with Crippen LogP contribution in [0.15, 0.2) is 0 Å². The van der Waals surface area contributed by atoms with Crippen LogP contribution in [0.4, 0.5) is 4.39 Å². The molecule has 0 aromatic heterocycles. The lowest BCUT2D eigenvalue weighted by Crippen LogP contribution is -2.46. The molecule has 4 heteroatoms. The third-order valence-corrected chi connectivity index (χ3v) is 6.05. The normalized spacial score (nSPS) is 35.1. The lowest BCUT2D eigenvalue weighted by Gasteiger charge is -2.40. The van der Waals surface area contributed by atoms with Crippen LogP contribution in [0, 0.1) is 17.8 Å². The zero-order chi connectivity index (χ0) is 14.7. The minimum Gasteiger partial charge on any atom is -0.317 e. The minimum atomic E-state index is -0.620. The van der Waals surface area contributed by atoms with Crippen LogP contribution in [-0.2, 0) is 0 Å². The Morgan fingerprint density at radius 2 is 1.62 bits per heavy atom. The summed E-state index contributed by atoms with van der Waals surface area (Å²) < 4.78 is 14.1. The second kappa shape index (κ2) is 7.38. The van der Waals surface area contributed by atoms with Crippen LogP contribution in [0.2, 0.25) is 0 Å². The van der Waals surface area contributed by atoms with Gasteiger partial charge in [-0.15, -0.1) is 0 Å². The molecule has 0 aliphatic carbocycles. The van der Waals surface area contributed by atoms with E-state index in [2.05, 4.69) is 15.1 Å². The van der Waals surface area contributed by atoms with E-state index in [0.717, 1.165) is 31.3 Å². The fourth-order valence-corrected chi connectivity index (χ4v) is 4.57. The summed E-state index contributed by atoms with van der Waals surface area (Å²) in [5.41, 5.74) is 0. The molecule has 122 valence electrons. The molecule has 3 nitrogen and oxygen atoms in total. The fourth-order valence-electron chi connectivity index (χ4n) is 4.57. The van der Waals surface area contributed by atoms with Crippen molar-refractivity contribution in [1.82, 2.24) is 15.1 Å². The van der Waals surface area contributed by atoms with Gasteiger partial charge in [-0.3, -0.25) is 0 Å². The van der Waals surface area contributed by atoms with E-state index in [-0.39, 0.29) is 5.92 Å². The van der Waals surface area contributed by atoms with Gasteiger partial charge in [0.15, 0.2) is 0 Å². The number of piperidine rings is 3. The SMILES string of the molecule is CN1CCC(CN2CCC(C3CCNCC3)CC2)C(F)C1. The first-order valence-corrected chi connectivity index (χ1v) is 8.98. The topological polar surface area (TPSA) is 18.5 Å². The van der Waals surface area contributed by atoms with Crippen LogP contribution in [0.25, 0.3) is 0 Å². The van der Waals surface area contributed by atoms with Crippen molar-refractivity contribution in [3.05, 3.63) is 0 Å². The third-order valence-electron chi connectivity index (χ3n) is 6.05. The Balaban J connectivity index is 1.41. The van der Waals surface area contributed by atoms with Crippen LogP contribution >= 0.6 is 0 Å². The molecule has 1 N–H and O–H groups in total. The van der Waals surface area contributed by atoms with Gasteiger partial charge in [0.2, 0.25) is 0 Å². The highest BCUT2D eigenvalue weighted by Crippen LogP contribution is 2.31. The highest BCUT2D eigenvalue weighted by molar-refractivity contribution is 4.85. The van der Waals surface area contributed by atoms with E-state index in [1.807, 2.05) is 7.05 Å². The highest BCUT2D eigenvalue weighted by Gasteiger charge is 2.32. The Bertz CT molecular complexity index is 311. The van der Waals surface area contributed by atoms with Crippen molar-refractivity contribution in [2.75, 3.05) is 52.9 Å². The lowest BCUT2D eigenvalue weighted by molar-refractivity contribution is 0.0546. The molecule has 0 spiro atoms. The number of nitrogens with one attached hydrogen (secondary N) is 1. The van der Waals surface area contributed by atoms with E-state index in [4.69, 9.17) is 0 Å². The molecule has 3 heterocycles. The molecular formula is C17H32FN3. The Morgan fingerprint density at radius 1 is 0.952 bits per heavy atom. The lowest BCUT2D eigenvalue weighted by atomic mass is 9.79. The first-order valence-electron chi connectivity index (χ1n) is 8.98. The summed E-state index contributed by atoms with van der Waals surface area (Å²) in [7, 11) is 2.04. The molecule has 3 fully saturated rings. The van der Waals surface area contributed by atoms with Gasteiger partial charge in [-0.05, 0) is 83.7 Å². The zero-order valence-corrected chi connectivity index (χ0v) is 13.6. The van der Waals surface area contributed by atoms with Crippen LogP contribution < -0.4 is 5.32 Å². The molecule has 0 saturated carbocycles. The molecule has 21 heavy (non-hydrogen) atoms. The maximum absolute atomic E-state index is 14.1. The molecule has 3 rings (SSSR count). The van der Waals surface area contributed by atoms with Gasteiger partial charge in [0.25, 0.3) is 0 Å². The molecule has 2 atom stereocenters. The number of alkyl halides is 1. The summed E-state index contributed by atoms with van der Waals surface area (Å²) in [5.74, 6) is 2.16. The summed E-state index contributed by atoms with van der Waals surface area (Å²) >= 11 is 0. The Kier molecular flexibility index (Phi) is 5.52. The number of hydrogen-bond acceptors (Lipinski definition) is 3. The molecule has 0 radical (unpaired) electrons. The maximum Gasteiger partial charge on any atom is 0.117 e. The largest absolute Gasteiger partial charge is 0.317 e. The van der Waals surface area contributed by atoms with Crippen molar-refractivity contribution < 1.29 is 4.39 Å². The van der Waals surface area contributed by atoms with Crippen molar-refractivity contribution in [3.8, 4) is 0 Å². The predicted molar refractivity (Wildman–Crippen MR) is 85.3 cm³/mol. The molecule has 0 aromatic rings. The Hall–Kier alpha value is -0.190. The average molecular weight is 297 g/mol. The van der Waals surface area contributed by atoms with Gasteiger partial charge in [0.05, 0.1) is 0 Å². The molecule has 3 saturated heterocycles. The first kappa shape index (κ1) is 15.7. The minimum absolute atomic E-state index is 0.275. The summed E-state index contributed by atoms with van der Waals surface area (Å²) in [6.45, 7) is 7.52. The number of hydrogen-bond donors (Lipinski definition) is 1. The smallest absolute Gasteiger partial charge is 0.117 e. The Morgan fingerprint density at radius 3 is 2.29 bits per heavy atom. The standard InChI is InChI=1S/C17H32FN3/c1-20-9-4-16(17(18)13-20)12-21-10-5-15(6-11-21)14-2-7-19-8-3-14/h14-17,19H,2-13H2,1H3. The van der Waals surface area contributed by atoms with E-state index < -0.39 is 6.17 Å². The summed E-state index contributed by atoms with van der Waals surface area (Å²) in [6, 6.07) is 0. The van der Waals surface area contributed by atoms with Crippen molar-refractivity contribution in [2.45, 2.75) is 38.3 Å². The molecule has 3 aliphatic rings. The van der Waals surface area contributed by atoms with Gasteiger partial charge in [-0.1, -0.05) is 0 Å². The van der Waals surface area contributed by atoms with Gasteiger partial charge in [-0.25, -0.2) is 4.39 Å². The second-order valence-electron chi connectivity index (χ2n) is 7.55. The average Bonchev–Trinajstić information content (AvgIpc) is 2.52. The molecule has 0 bridgehead atoms. The molecule has 2 unspecified atom stereocenters.